The van der Waals surface area contributed by atoms with Gasteiger partial charge in [-0.15, -0.1) is 0 Å². The first-order valence-corrected chi connectivity index (χ1v) is 14.0. The van der Waals surface area contributed by atoms with Crippen molar-refractivity contribution in [1.82, 2.24) is 19.4 Å². The highest BCUT2D eigenvalue weighted by Crippen LogP contribution is 2.43. The van der Waals surface area contributed by atoms with Crippen molar-refractivity contribution in [3.63, 3.8) is 0 Å². The van der Waals surface area contributed by atoms with Gasteiger partial charge in [0.05, 0.1) is 31.7 Å². The van der Waals surface area contributed by atoms with Crippen LogP contribution in [0.3, 0.4) is 0 Å². The van der Waals surface area contributed by atoms with Crippen molar-refractivity contribution in [1.29, 1.82) is 0 Å². The second kappa shape index (κ2) is 9.53. The van der Waals surface area contributed by atoms with Gasteiger partial charge in [0.25, 0.3) is 5.91 Å². The van der Waals surface area contributed by atoms with Crippen molar-refractivity contribution < 1.29 is 33.0 Å². The highest BCUT2D eigenvalue weighted by Gasteiger charge is 2.53. The molecular formula is C30H29F2N5O5. The van der Waals surface area contributed by atoms with Gasteiger partial charge in [0.15, 0.2) is 6.04 Å². The Hall–Kier alpha value is -4.48. The number of aromatic nitrogens is 2. The van der Waals surface area contributed by atoms with Gasteiger partial charge in [-0.2, -0.15) is 0 Å². The van der Waals surface area contributed by atoms with E-state index in [1.54, 1.807) is 17.6 Å². The topological polar surface area (TPSA) is 108 Å². The number of ether oxygens (including phenoxy) is 1. The number of carbonyl (C=O) groups excluding carboxylic acids is 2. The highest BCUT2D eigenvalue weighted by atomic mass is 19.1. The van der Waals surface area contributed by atoms with Gasteiger partial charge in [0.1, 0.15) is 12.0 Å². The fourth-order valence-electron chi connectivity index (χ4n) is 6.80. The van der Waals surface area contributed by atoms with Crippen LogP contribution in [0.1, 0.15) is 40.3 Å². The maximum Gasteiger partial charge on any atom is 0.407 e. The summed E-state index contributed by atoms with van der Waals surface area (Å²) in [5.41, 5.74) is 3.42. The monoisotopic (exact) mass is 577 g/mol. The number of esters is 1. The molecule has 0 saturated carbocycles. The minimum Gasteiger partial charge on any atom is -0.465 e. The van der Waals surface area contributed by atoms with Crippen molar-refractivity contribution >= 4 is 23.7 Å². The number of imidazole rings is 1. The Bertz CT molecular complexity index is 1610. The lowest BCUT2D eigenvalue weighted by Gasteiger charge is -2.60. The van der Waals surface area contributed by atoms with Gasteiger partial charge < -0.3 is 29.1 Å². The molecule has 0 bridgehead atoms. The maximum absolute atomic E-state index is 15.5. The van der Waals surface area contributed by atoms with Crippen molar-refractivity contribution in [2.24, 2.45) is 5.41 Å². The number of carboxylic acid groups (broad SMARTS) is 1. The van der Waals surface area contributed by atoms with Gasteiger partial charge >= 0.3 is 12.1 Å². The number of nitrogens with zero attached hydrogens (tertiary/aromatic N) is 5. The van der Waals surface area contributed by atoms with Crippen LogP contribution in [-0.2, 0) is 29.0 Å². The number of fused-ring (bicyclic) bond motifs is 2. The summed E-state index contributed by atoms with van der Waals surface area (Å²) in [6, 6.07) is 9.41. The Kier molecular flexibility index (Phi) is 6.00. The molecule has 3 aromatic rings. The molecule has 0 aliphatic carbocycles. The summed E-state index contributed by atoms with van der Waals surface area (Å²) in [6.45, 7) is 4.39. The van der Waals surface area contributed by atoms with E-state index in [4.69, 9.17) is 9.84 Å². The number of hydrogen-bond donors (Lipinski definition) is 1. The van der Waals surface area contributed by atoms with E-state index >= 15 is 4.39 Å². The number of carbonyl (C=O) groups is 3. The van der Waals surface area contributed by atoms with Crippen LogP contribution in [0.5, 0.6) is 0 Å². The van der Waals surface area contributed by atoms with E-state index in [0.717, 1.165) is 24.3 Å². The number of likely N-dealkylation sites (tertiary alicyclic amines) is 1. The van der Waals surface area contributed by atoms with Gasteiger partial charge in [-0.25, -0.2) is 23.4 Å². The molecule has 0 radical (unpaired) electrons. The van der Waals surface area contributed by atoms with Crippen LogP contribution in [0, 0.1) is 11.2 Å². The molecule has 5 heterocycles. The quantitative estimate of drug-likeness (QED) is 0.446. The van der Waals surface area contributed by atoms with Crippen LogP contribution < -0.4 is 4.90 Å². The summed E-state index contributed by atoms with van der Waals surface area (Å²) >= 11 is 0. The molecule has 1 unspecified atom stereocenters. The van der Waals surface area contributed by atoms with Crippen molar-refractivity contribution in [3.05, 3.63) is 71.1 Å². The fraction of sp³-hybridized carbons (Fsp3) is 0.400. The van der Waals surface area contributed by atoms with Gasteiger partial charge in [0, 0.05) is 60.5 Å². The zero-order chi connectivity index (χ0) is 29.3. The van der Waals surface area contributed by atoms with E-state index in [1.165, 1.54) is 22.2 Å². The molecule has 218 valence electrons. The van der Waals surface area contributed by atoms with Crippen LogP contribution in [0.2, 0.25) is 0 Å². The van der Waals surface area contributed by atoms with Crippen LogP contribution in [0.15, 0.2) is 42.7 Å². The van der Waals surface area contributed by atoms with Gasteiger partial charge in [-0.3, -0.25) is 4.79 Å². The molecular weight excluding hydrogens is 548 g/mol. The predicted octanol–water partition coefficient (Wildman–Crippen LogP) is 3.64. The van der Waals surface area contributed by atoms with Gasteiger partial charge in [0.2, 0.25) is 0 Å². The average molecular weight is 578 g/mol. The van der Waals surface area contributed by atoms with E-state index in [1.807, 2.05) is 24.3 Å². The largest absolute Gasteiger partial charge is 0.465 e. The van der Waals surface area contributed by atoms with Crippen LogP contribution in [-0.4, -0.2) is 81.4 Å². The first kappa shape index (κ1) is 26.4. The van der Waals surface area contributed by atoms with Crippen molar-refractivity contribution in [3.8, 4) is 11.1 Å². The zero-order valence-electron chi connectivity index (χ0n) is 22.9. The van der Waals surface area contributed by atoms with E-state index in [9.17, 15) is 18.8 Å². The smallest absolute Gasteiger partial charge is 0.407 e. The Labute approximate surface area is 240 Å². The Balaban J connectivity index is 1.12. The third-order valence-corrected chi connectivity index (χ3v) is 8.83. The first-order chi connectivity index (χ1) is 20.2. The Morgan fingerprint density at radius 3 is 2.57 bits per heavy atom. The molecule has 2 fully saturated rings. The summed E-state index contributed by atoms with van der Waals surface area (Å²) in [4.78, 5) is 47.1. The van der Waals surface area contributed by atoms with E-state index < -0.39 is 36.0 Å². The minimum absolute atomic E-state index is 0.0258. The molecule has 1 N–H and O–H groups in total. The minimum atomic E-state index is -1.22. The third-order valence-electron chi connectivity index (χ3n) is 8.83. The van der Waals surface area contributed by atoms with Crippen LogP contribution in [0.4, 0.5) is 19.3 Å². The molecule has 1 aromatic heterocycles. The number of alkyl halides is 1. The number of halogens is 2. The SMILES string of the molecule is CCOC(=O)C(c1ncn2c1C[C@@H](F)C2)N1Cc2c(F)cc(-c3ccc(N4CC5(CN(C(=O)O)C5)C4)cc3)cc2C1=O. The molecule has 7 rings (SSSR count). The van der Waals surface area contributed by atoms with Crippen LogP contribution in [0.25, 0.3) is 11.1 Å². The molecule has 10 nitrogen and oxygen atoms in total. The van der Waals surface area contributed by atoms with Gasteiger partial charge in [-0.1, -0.05) is 12.1 Å². The number of rotatable bonds is 6. The molecule has 4 aliphatic rings. The molecule has 2 aromatic carbocycles. The fourth-order valence-corrected chi connectivity index (χ4v) is 6.80. The Morgan fingerprint density at radius 2 is 1.88 bits per heavy atom. The first-order valence-electron chi connectivity index (χ1n) is 14.0. The van der Waals surface area contributed by atoms with E-state index in [0.29, 0.717) is 24.3 Å². The lowest BCUT2D eigenvalue weighted by molar-refractivity contribution is -0.149. The standard InChI is InChI=1S/C30H29F2N5O5/c1-2-42-28(39)26(25-24-9-19(31)10-34(24)16-33-25)37-11-22-21(27(37)38)7-18(8-23(22)32)17-3-5-20(6-4-17)35-12-30(13-35)14-36(15-30)29(40)41/h3-8,16,19,26H,2,9-15H2,1H3,(H,40,41)/t19-,26?/m1/s1. The van der Waals surface area contributed by atoms with Crippen molar-refractivity contribution in [2.45, 2.75) is 38.6 Å². The Morgan fingerprint density at radius 1 is 1.14 bits per heavy atom. The second-order valence-electron chi connectivity index (χ2n) is 11.6. The summed E-state index contributed by atoms with van der Waals surface area (Å²) in [7, 11) is 0. The number of hydrogen-bond acceptors (Lipinski definition) is 6. The zero-order valence-corrected chi connectivity index (χ0v) is 22.9. The molecule has 12 heteroatoms. The second-order valence-corrected chi connectivity index (χ2v) is 11.6. The maximum atomic E-state index is 15.5. The lowest BCUT2D eigenvalue weighted by Crippen LogP contribution is -2.73. The lowest BCUT2D eigenvalue weighted by atomic mass is 9.73. The van der Waals surface area contributed by atoms with E-state index in [-0.39, 0.29) is 48.4 Å². The third kappa shape index (κ3) is 4.11. The van der Waals surface area contributed by atoms with Crippen LogP contribution >= 0.6 is 0 Å². The normalized spacial score (nSPS) is 20.7. The molecule has 2 saturated heterocycles. The molecule has 1 spiro atoms. The summed E-state index contributed by atoms with van der Waals surface area (Å²) in [5, 5.41) is 9.10. The van der Waals surface area contributed by atoms with Gasteiger partial charge in [-0.05, 0) is 42.3 Å². The molecule has 42 heavy (non-hydrogen) atoms. The summed E-state index contributed by atoms with van der Waals surface area (Å²) in [5.74, 6) is -1.76. The number of anilines is 1. The predicted molar refractivity (Wildman–Crippen MR) is 146 cm³/mol. The molecule has 4 aliphatic heterocycles. The number of benzene rings is 2. The summed E-state index contributed by atoms with van der Waals surface area (Å²) in [6.07, 6.45) is -0.453. The number of amides is 2. The van der Waals surface area contributed by atoms with E-state index in [2.05, 4.69) is 9.88 Å². The molecule has 2 atom stereocenters. The average Bonchev–Trinajstić information content (AvgIpc) is 3.56. The summed E-state index contributed by atoms with van der Waals surface area (Å²) < 4.78 is 36.5. The highest BCUT2D eigenvalue weighted by molar-refractivity contribution is 6.02. The molecule has 2 amide bonds. The van der Waals surface area contributed by atoms with Crippen molar-refractivity contribution in [2.75, 3.05) is 37.7 Å².